The fraction of sp³-hybridized carbons (Fsp3) is 0.154. The highest BCUT2D eigenvalue weighted by Gasteiger charge is 2.43. The van der Waals surface area contributed by atoms with E-state index in [1.165, 1.54) is 12.0 Å². The summed E-state index contributed by atoms with van der Waals surface area (Å²) < 4.78 is 10.9. The summed E-state index contributed by atoms with van der Waals surface area (Å²) in [5.74, 6) is 0.148. The molecule has 0 atom stereocenters. The zero-order chi connectivity index (χ0) is 22.7. The van der Waals surface area contributed by atoms with Crippen molar-refractivity contribution in [1.82, 2.24) is 4.90 Å². The van der Waals surface area contributed by atoms with Crippen LogP contribution in [-0.4, -0.2) is 38.0 Å². The van der Waals surface area contributed by atoms with Crippen LogP contribution in [-0.2, 0) is 16.1 Å². The van der Waals surface area contributed by atoms with Gasteiger partial charge in [0.25, 0.3) is 11.8 Å². The molecule has 0 spiro atoms. The normalized spacial score (nSPS) is 13.5. The average Bonchev–Trinajstić information content (AvgIpc) is 3.09. The van der Waals surface area contributed by atoms with E-state index in [2.05, 4.69) is 0 Å². The second kappa shape index (κ2) is 8.98. The molecule has 32 heavy (non-hydrogen) atoms. The van der Waals surface area contributed by atoms with Crippen LogP contribution in [0.5, 0.6) is 11.5 Å². The van der Waals surface area contributed by atoms with Crippen LogP contribution in [0.2, 0.25) is 0 Å². The highest BCUT2D eigenvalue weighted by molar-refractivity contribution is 6.46. The maximum Gasteiger partial charge on any atom is 0.282 e. The number of carbonyl (C=O) groups is 2. The minimum atomic E-state index is -0.418. The Morgan fingerprint density at radius 3 is 2.03 bits per heavy atom. The summed E-state index contributed by atoms with van der Waals surface area (Å²) in [5, 5.41) is 0. The van der Waals surface area contributed by atoms with E-state index in [9.17, 15) is 9.59 Å². The van der Waals surface area contributed by atoms with Crippen molar-refractivity contribution in [3.8, 4) is 11.5 Å². The van der Waals surface area contributed by atoms with Crippen molar-refractivity contribution < 1.29 is 19.1 Å². The first kappa shape index (κ1) is 21.2. The van der Waals surface area contributed by atoms with Gasteiger partial charge >= 0.3 is 0 Å². The third kappa shape index (κ3) is 3.71. The molecule has 6 heteroatoms. The largest absolute Gasteiger partial charge is 0.496 e. The van der Waals surface area contributed by atoms with Gasteiger partial charge in [0, 0.05) is 19.2 Å². The number of imide groups is 1. The molecule has 0 aromatic heterocycles. The van der Waals surface area contributed by atoms with Crippen LogP contribution in [0.4, 0.5) is 5.69 Å². The quantitative estimate of drug-likeness (QED) is 0.530. The van der Waals surface area contributed by atoms with Gasteiger partial charge in [-0.15, -0.1) is 0 Å². The summed E-state index contributed by atoms with van der Waals surface area (Å²) in [6.45, 7) is 0.466. The monoisotopic (exact) mass is 428 g/mol. The number of ether oxygens (including phenoxy) is 2. The number of rotatable bonds is 7. The molecule has 162 valence electrons. The van der Waals surface area contributed by atoms with Gasteiger partial charge in [0.2, 0.25) is 0 Å². The lowest BCUT2D eigenvalue weighted by Gasteiger charge is -2.22. The molecule has 1 heterocycles. The molecule has 1 aliphatic heterocycles. The molecule has 0 N–H and O–H groups in total. The van der Waals surface area contributed by atoms with E-state index in [4.69, 9.17) is 9.47 Å². The minimum absolute atomic E-state index is 0.303. The second-order valence-electron chi connectivity index (χ2n) is 7.38. The number of hydrogen-bond donors (Lipinski definition) is 0. The van der Waals surface area contributed by atoms with E-state index in [0.29, 0.717) is 40.6 Å². The van der Waals surface area contributed by atoms with E-state index in [-0.39, 0.29) is 0 Å². The molecule has 2 amide bonds. The molecule has 3 aromatic rings. The van der Waals surface area contributed by atoms with E-state index >= 15 is 0 Å². The van der Waals surface area contributed by atoms with Gasteiger partial charge in [-0.05, 0) is 23.8 Å². The molecule has 0 radical (unpaired) electrons. The Balaban J connectivity index is 1.86. The van der Waals surface area contributed by atoms with Gasteiger partial charge in [-0.25, -0.2) is 4.90 Å². The van der Waals surface area contributed by atoms with Crippen LogP contribution in [0.15, 0.2) is 84.6 Å². The molecule has 6 nitrogen and oxygen atoms in total. The van der Waals surface area contributed by atoms with E-state index in [1.54, 1.807) is 43.5 Å². The Labute approximate surface area is 187 Å². The molecule has 0 aliphatic carbocycles. The van der Waals surface area contributed by atoms with Crippen LogP contribution in [0.25, 0.3) is 5.57 Å². The van der Waals surface area contributed by atoms with Gasteiger partial charge in [0.15, 0.2) is 0 Å². The summed E-state index contributed by atoms with van der Waals surface area (Å²) in [6.07, 6.45) is 0. The fourth-order valence-electron chi connectivity index (χ4n) is 3.94. The van der Waals surface area contributed by atoms with Gasteiger partial charge in [-0.3, -0.25) is 9.59 Å². The van der Waals surface area contributed by atoms with Gasteiger partial charge < -0.3 is 14.4 Å². The predicted molar refractivity (Wildman–Crippen MR) is 123 cm³/mol. The van der Waals surface area contributed by atoms with Crippen molar-refractivity contribution in [2.24, 2.45) is 0 Å². The molecular formula is C26H24N2O4. The number of methoxy groups -OCH3 is 2. The minimum Gasteiger partial charge on any atom is -0.496 e. The Morgan fingerprint density at radius 2 is 1.34 bits per heavy atom. The smallest absolute Gasteiger partial charge is 0.282 e. The maximum absolute atomic E-state index is 13.7. The number of benzene rings is 3. The summed E-state index contributed by atoms with van der Waals surface area (Å²) in [5.41, 5.74) is 2.62. The van der Waals surface area contributed by atoms with Crippen LogP contribution in [0, 0.1) is 0 Å². The fourth-order valence-corrected chi connectivity index (χ4v) is 3.94. The first-order valence-electron chi connectivity index (χ1n) is 10.2. The molecule has 1 aliphatic rings. The third-order valence-electron chi connectivity index (χ3n) is 5.41. The molecule has 0 saturated carbocycles. The summed E-state index contributed by atoms with van der Waals surface area (Å²) >= 11 is 0. The molecule has 4 rings (SSSR count). The van der Waals surface area contributed by atoms with Gasteiger partial charge in [-0.1, -0.05) is 60.7 Å². The predicted octanol–water partition coefficient (Wildman–Crippen LogP) is 4.12. The lowest BCUT2D eigenvalue weighted by molar-refractivity contribution is -0.120. The highest BCUT2D eigenvalue weighted by Crippen LogP contribution is 2.40. The maximum atomic E-state index is 13.7. The van der Waals surface area contributed by atoms with Crippen molar-refractivity contribution in [3.63, 3.8) is 0 Å². The number of hydrogen-bond acceptors (Lipinski definition) is 5. The Morgan fingerprint density at radius 1 is 0.750 bits per heavy atom. The SMILES string of the molecule is COc1ccccc1C1=C(N(C)Cc2ccccc2)C(=O)N(c2ccccc2OC)C1=O. The number of nitrogens with zero attached hydrogens (tertiary/aromatic N) is 2. The molecule has 0 bridgehead atoms. The van der Waals surface area contributed by atoms with Crippen molar-refractivity contribution in [2.75, 3.05) is 26.2 Å². The zero-order valence-electron chi connectivity index (χ0n) is 18.2. The zero-order valence-corrected chi connectivity index (χ0v) is 18.2. The second-order valence-corrected chi connectivity index (χ2v) is 7.38. The van der Waals surface area contributed by atoms with E-state index in [0.717, 1.165) is 5.56 Å². The average molecular weight is 428 g/mol. The van der Waals surface area contributed by atoms with E-state index in [1.807, 2.05) is 54.4 Å². The van der Waals surface area contributed by atoms with Crippen LogP contribution < -0.4 is 14.4 Å². The Hall–Kier alpha value is -4.06. The third-order valence-corrected chi connectivity index (χ3v) is 5.41. The lowest BCUT2D eigenvalue weighted by atomic mass is 10.0. The Bertz CT molecular complexity index is 1190. The number of anilines is 1. The van der Waals surface area contributed by atoms with Crippen molar-refractivity contribution >= 4 is 23.1 Å². The lowest BCUT2D eigenvalue weighted by Crippen LogP contribution is -2.34. The number of carbonyl (C=O) groups excluding carboxylic acids is 2. The highest BCUT2D eigenvalue weighted by atomic mass is 16.5. The number of amides is 2. The first-order valence-corrected chi connectivity index (χ1v) is 10.2. The molecule has 3 aromatic carbocycles. The standard InChI is InChI=1S/C26H24N2O4/c1-27(17-18-11-5-4-6-12-18)24-23(19-13-7-9-15-21(19)31-2)25(29)28(26(24)30)20-14-8-10-16-22(20)32-3/h4-16H,17H2,1-3H3. The van der Waals surface area contributed by atoms with Crippen molar-refractivity contribution in [1.29, 1.82) is 0 Å². The summed E-state index contributed by atoms with van der Waals surface area (Å²) in [7, 11) is 4.88. The van der Waals surface area contributed by atoms with Crippen molar-refractivity contribution in [2.45, 2.75) is 6.54 Å². The Kier molecular flexibility index (Phi) is 5.94. The van der Waals surface area contributed by atoms with Crippen LogP contribution in [0.3, 0.4) is 0 Å². The summed E-state index contributed by atoms with van der Waals surface area (Å²) in [6, 6.07) is 24.0. The van der Waals surface area contributed by atoms with Gasteiger partial charge in [-0.2, -0.15) is 0 Å². The topological polar surface area (TPSA) is 59.1 Å². The summed E-state index contributed by atoms with van der Waals surface area (Å²) in [4.78, 5) is 30.4. The van der Waals surface area contributed by atoms with Gasteiger partial charge in [0.05, 0.1) is 25.5 Å². The number of para-hydroxylation sites is 3. The van der Waals surface area contributed by atoms with E-state index < -0.39 is 11.8 Å². The molecule has 0 saturated heterocycles. The molecule has 0 fully saturated rings. The van der Waals surface area contributed by atoms with Crippen molar-refractivity contribution in [3.05, 3.63) is 95.7 Å². The van der Waals surface area contributed by atoms with Crippen LogP contribution >= 0.6 is 0 Å². The molecular weight excluding hydrogens is 404 g/mol. The first-order chi connectivity index (χ1) is 15.6. The van der Waals surface area contributed by atoms with Crippen LogP contribution in [0.1, 0.15) is 11.1 Å². The number of likely N-dealkylation sites (N-methyl/N-ethyl adjacent to an activating group) is 1. The molecule has 0 unspecified atom stereocenters. The van der Waals surface area contributed by atoms with Gasteiger partial charge in [0.1, 0.15) is 17.2 Å².